The molecule has 0 spiro atoms. The second-order valence-corrected chi connectivity index (χ2v) is 4.64. The van der Waals surface area contributed by atoms with Gasteiger partial charge in [-0.2, -0.15) is 0 Å². The first-order valence-electron chi connectivity index (χ1n) is 6.65. The van der Waals surface area contributed by atoms with Crippen molar-refractivity contribution >= 4 is 0 Å². The molecule has 1 rings (SSSR count). The summed E-state index contributed by atoms with van der Waals surface area (Å²) in [5.41, 5.74) is 0.697. The second kappa shape index (κ2) is 9.24. The molecule has 0 unspecified atom stereocenters. The minimum atomic E-state index is -0.186. The Morgan fingerprint density at radius 3 is 2.70 bits per heavy atom. The van der Waals surface area contributed by atoms with Gasteiger partial charge < -0.3 is 19.3 Å². The van der Waals surface area contributed by atoms with Gasteiger partial charge in [-0.25, -0.2) is 0 Å². The van der Waals surface area contributed by atoms with Crippen molar-refractivity contribution < 1.29 is 19.3 Å². The van der Waals surface area contributed by atoms with Crippen LogP contribution in [0, 0.1) is 17.8 Å². The normalized spacial score (nSPS) is 10.1. The molecule has 4 nitrogen and oxygen atoms in total. The van der Waals surface area contributed by atoms with Gasteiger partial charge in [-0.1, -0.05) is 25.7 Å². The van der Waals surface area contributed by atoms with E-state index in [1.807, 2.05) is 12.1 Å². The van der Waals surface area contributed by atoms with Crippen LogP contribution < -0.4 is 9.47 Å². The van der Waals surface area contributed by atoms with E-state index in [4.69, 9.17) is 19.3 Å². The highest BCUT2D eigenvalue weighted by atomic mass is 16.5. The van der Waals surface area contributed by atoms with Crippen LogP contribution >= 0.6 is 0 Å². The Balaban J connectivity index is 2.59. The molecule has 0 heterocycles. The minimum absolute atomic E-state index is 0.186. The number of rotatable bonds is 7. The Hall–Kier alpha value is -1.70. The van der Waals surface area contributed by atoms with Crippen LogP contribution in [0.15, 0.2) is 18.2 Å². The Morgan fingerprint density at radius 1 is 1.25 bits per heavy atom. The molecule has 1 N–H and O–H groups in total. The van der Waals surface area contributed by atoms with Gasteiger partial charge in [0.2, 0.25) is 0 Å². The maximum atomic E-state index is 8.78. The third-order valence-corrected chi connectivity index (χ3v) is 2.43. The number of benzene rings is 1. The van der Waals surface area contributed by atoms with Gasteiger partial charge in [-0.15, -0.1) is 0 Å². The molecule has 0 aliphatic rings. The number of aliphatic hydroxyl groups excluding tert-OH is 1. The third-order valence-electron chi connectivity index (χ3n) is 2.43. The Labute approximate surface area is 120 Å². The Kier molecular flexibility index (Phi) is 7.56. The highest BCUT2D eigenvalue weighted by Gasteiger charge is 2.04. The molecule has 20 heavy (non-hydrogen) atoms. The van der Waals surface area contributed by atoms with Crippen molar-refractivity contribution in [2.24, 2.45) is 5.92 Å². The van der Waals surface area contributed by atoms with Gasteiger partial charge in [0.25, 0.3) is 0 Å². The van der Waals surface area contributed by atoms with Gasteiger partial charge >= 0.3 is 0 Å². The second-order valence-electron chi connectivity index (χ2n) is 4.64. The SMILES string of the molecule is COc1ccc(OCCOCC(C)C)c(C#CCO)c1. The molecular weight excluding hydrogens is 256 g/mol. The van der Waals surface area contributed by atoms with Crippen LogP contribution in [0.5, 0.6) is 11.5 Å². The zero-order chi connectivity index (χ0) is 14.8. The molecule has 4 heteroatoms. The van der Waals surface area contributed by atoms with Crippen molar-refractivity contribution in [2.45, 2.75) is 13.8 Å². The number of hydrogen-bond donors (Lipinski definition) is 1. The number of methoxy groups -OCH3 is 1. The average molecular weight is 278 g/mol. The van der Waals surface area contributed by atoms with Crippen molar-refractivity contribution in [1.29, 1.82) is 0 Å². The highest BCUT2D eigenvalue weighted by Crippen LogP contribution is 2.23. The third kappa shape index (κ3) is 5.96. The van der Waals surface area contributed by atoms with Gasteiger partial charge in [0.15, 0.2) is 0 Å². The van der Waals surface area contributed by atoms with E-state index in [1.54, 1.807) is 13.2 Å². The van der Waals surface area contributed by atoms with Gasteiger partial charge in [-0.3, -0.25) is 0 Å². The van der Waals surface area contributed by atoms with E-state index in [-0.39, 0.29) is 6.61 Å². The molecule has 0 saturated heterocycles. The molecule has 0 aliphatic carbocycles. The number of aliphatic hydroxyl groups is 1. The first-order chi connectivity index (χ1) is 9.67. The topological polar surface area (TPSA) is 47.9 Å². The van der Waals surface area contributed by atoms with Crippen LogP contribution in [-0.2, 0) is 4.74 Å². The van der Waals surface area contributed by atoms with E-state index in [2.05, 4.69) is 25.7 Å². The van der Waals surface area contributed by atoms with Crippen LogP contribution in [0.2, 0.25) is 0 Å². The molecule has 0 fully saturated rings. The van der Waals surface area contributed by atoms with Crippen LogP contribution in [0.3, 0.4) is 0 Å². The van der Waals surface area contributed by atoms with E-state index in [1.165, 1.54) is 0 Å². The lowest BCUT2D eigenvalue weighted by atomic mass is 10.2. The van der Waals surface area contributed by atoms with Gasteiger partial charge in [0.05, 0.1) is 19.3 Å². The molecule has 110 valence electrons. The quantitative estimate of drug-likeness (QED) is 0.613. The number of hydrogen-bond acceptors (Lipinski definition) is 4. The summed E-state index contributed by atoms with van der Waals surface area (Å²) < 4.78 is 16.3. The summed E-state index contributed by atoms with van der Waals surface area (Å²) in [5, 5.41) is 8.78. The zero-order valence-electron chi connectivity index (χ0n) is 12.3. The Morgan fingerprint density at radius 2 is 2.05 bits per heavy atom. The zero-order valence-corrected chi connectivity index (χ0v) is 12.3. The summed E-state index contributed by atoms with van der Waals surface area (Å²) in [6.45, 7) is 5.75. The summed E-state index contributed by atoms with van der Waals surface area (Å²) in [7, 11) is 1.60. The average Bonchev–Trinajstić information content (AvgIpc) is 2.45. The lowest BCUT2D eigenvalue weighted by Gasteiger charge is -2.11. The van der Waals surface area contributed by atoms with Crippen LogP contribution in [0.1, 0.15) is 19.4 Å². The first-order valence-corrected chi connectivity index (χ1v) is 6.65. The van der Waals surface area contributed by atoms with Crippen LogP contribution in [0.4, 0.5) is 0 Å². The molecular formula is C16H22O4. The standard InChI is InChI=1S/C16H22O4/c1-13(2)12-19-9-10-20-16-7-6-15(18-3)11-14(16)5-4-8-17/h6-7,11,13,17H,8-10,12H2,1-3H3. The molecule has 0 amide bonds. The van der Waals surface area contributed by atoms with E-state index in [0.29, 0.717) is 36.2 Å². The van der Waals surface area contributed by atoms with Gasteiger partial charge in [0, 0.05) is 6.61 Å². The number of ether oxygens (including phenoxy) is 3. The van der Waals surface area contributed by atoms with Crippen molar-refractivity contribution in [1.82, 2.24) is 0 Å². The molecule has 0 atom stereocenters. The van der Waals surface area contributed by atoms with Crippen molar-refractivity contribution in [3.63, 3.8) is 0 Å². The van der Waals surface area contributed by atoms with E-state index >= 15 is 0 Å². The minimum Gasteiger partial charge on any atom is -0.497 e. The fourth-order valence-electron chi connectivity index (χ4n) is 1.52. The van der Waals surface area contributed by atoms with E-state index in [0.717, 1.165) is 6.61 Å². The molecule has 0 saturated carbocycles. The molecule has 0 radical (unpaired) electrons. The summed E-state index contributed by atoms with van der Waals surface area (Å²) in [5.74, 6) is 7.35. The van der Waals surface area contributed by atoms with E-state index < -0.39 is 0 Å². The summed E-state index contributed by atoms with van der Waals surface area (Å²) in [4.78, 5) is 0. The largest absolute Gasteiger partial charge is 0.497 e. The summed E-state index contributed by atoms with van der Waals surface area (Å²) in [6.07, 6.45) is 0. The Bertz CT molecular complexity index is 457. The molecule has 0 aliphatic heterocycles. The smallest absolute Gasteiger partial charge is 0.135 e. The maximum Gasteiger partial charge on any atom is 0.135 e. The molecule has 1 aromatic carbocycles. The fraction of sp³-hybridized carbons (Fsp3) is 0.500. The molecule has 0 bridgehead atoms. The van der Waals surface area contributed by atoms with Gasteiger partial charge in [-0.05, 0) is 24.1 Å². The first kappa shape index (κ1) is 16.4. The summed E-state index contributed by atoms with van der Waals surface area (Å²) >= 11 is 0. The lowest BCUT2D eigenvalue weighted by Crippen LogP contribution is -2.10. The van der Waals surface area contributed by atoms with Gasteiger partial charge in [0.1, 0.15) is 24.7 Å². The monoisotopic (exact) mass is 278 g/mol. The maximum absolute atomic E-state index is 8.78. The van der Waals surface area contributed by atoms with Crippen molar-refractivity contribution in [2.75, 3.05) is 33.5 Å². The van der Waals surface area contributed by atoms with Crippen molar-refractivity contribution in [3.05, 3.63) is 23.8 Å². The summed E-state index contributed by atoms with van der Waals surface area (Å²) in [6, 6.07) is 5.41. The highest BCUT2D eigenvalue weighted by molar-refractivity contribution is 5.50. The fourth-order valence-corrected chi connectivity index (χ4v) is 1.52. The van der Waals surface area contributed by atoms with E-state index in [9.17, 15) is 0 Å². The molecule has 0 aromatic heterocycles. The molecule has 1 aromatic rings. The predicted molar refractivity (Wildman–Crippen MR) is 78.1 cm³/mol. The van der Waals surface area contributed by atoms with Crippen LogP contribution in [-0.4, -0.2) is 38.6 Å². The lowest BCUT2D eigenvalue weighted by molar-refractivity contribution is 0.0818. The van der Waals surface area contributed by atoms with Crippen LogP contribution in [0.25, 0.3) is 0 Å². The van der Waals surface area contributed by atoms with Crippen molar-refractivity contribution in [3.8, 4) is 23.3 Å². The predicted octanol–water partition coefficient (Wildman–Crippen LogP) is 2.09.